The van der Waals surface area contributed by atoms with Crippen LogP contribution in [0.2, 0.25) is 0 Å². The number of aromatic nitrogens is 2. The molecule has 1 aliphatic heterocycles. The lowest BCUT2D eigenvalue weighted by Crippen LogP contribution is -2.41. The second kappa shape index (κ2) is 5.15. The van der Waals surface area contributed by atoms with Gasteiger partial charge in [-0.2, -0.15) is 4.98 Å². The summed E-state index contributed by atoms with van der Waals surface area (Å²) < 4.78 is 5.15. The molecule has 7 heteroatoms. The van der Waals surface area contributed by atoms with Crippen molar-refractivity contribution in [3.8, 4) is 0 Å². The van der Waals surface area contributed by atoms with Gasteiger partial charge in [0.25, 0.3) is 5.91 Å². The van der Waals surface area contributed by atoms with Crippen LogP contribution in [-0.2, 0) is 23.3 Å². The van der Waals surface area contributed by atoms with Gasteiger partial charge in [0.05, 0.1) is 6.54 Å². The van der Waals surface area contributed by atoms with Crippen LogP contribution in [0, 0.1) is 0 Å². The summed E-state index contributed by atoms with van der Waals surface area (Å²) in [5.74, 6) is 0.694. The molecule has 0 radical (unpaired) electrons. The molecule has 2 aliphatic rings. The summed E-state index contributed by atoms with van der Waals surface area (Å²) in [5.41, 5.74) is 1.05. The zero-order valence-corrected chi connectivity index (χ0v) is 13.6. The Balaban J connectivity index is 1.63. The monoisotopic (exact) mass is 326 g/mol. The van der Waals surface area contributed by atoms with E-state index in [1.54, 1.807) is 0 Å². The quantitative estimate of drug-likeness (QED) is 0.873. The van der Waals surface area contributed by atoms with Gasteiger partial charge in [-0.25, -0.2) is 4.79 Å². The SMILES string of the molecule is CC(C)c1nc(CN2C(=O)NC3(CCc4ccccc43)C2=O)no1. The molecular formula is C17H18N4O3. The molecule has 4 rings (SSSR count). The van der Waals surface area contributed by atoms with Gasteiger partial charge in [0.2, 0.25) is 5.89 Å². The van der Waals surface area contributed by atoms with Crippen molar-refractivity contribution in [3.05, 3.63) is 47.1 Å². The lowest BCUT2D eigenvalue weighted by atomic mass is 9.92. The molecule has 3 amide bonds. The Morgan fingerprint density at radius 2 is 2.12 bits per heavy atom. The van der Waals surface area contributed by atoms with E-state index in [-0.39, 0.29) is 18.4 Å². The van der Waals surface area contributed by atoms with E-state index in [4.69, 9.17) is 4.52 Å². The highest BCUT2D eigenvalue weighted by atomic mass is 16.5. The number of carbonyl (C=O) groups is 2. The molecule has 0 bridgehead atoms. The first-order valence-corrected chi connectivity index (χ1v) is 8.06. The first kappa shape index (κ1) is 14.9. The Hall–Kier alpha value is -2.70. The van der Waals surface area contributed by atoms with E-state index in [9.17, 15) is 9.59 Å². The smallest absolute Gasteiger partial charge is 0.325 e. The zero-order valence-electron chi connectivity index (χ0n) is 13.6. The second-order valence-corrected chi connectivity index (χ2v) is 6.59. The van der Waals surface area contributed by atoms with Crippen LogP contribution in [0.25, 0.3) is 0 Å². The van der Waals surface area contributed by atoms with E-state index in [1.165, 1.54) is 4.90 Å². The van der Waals surface area contributed by atoms with Gasteiger partial charge in [-0.1, -0.05) is 43.3 Å². The van der Waals surface area contributed by atoms with Crippen molar-refractivity contribution in [2.75, 3.05) is 0 Å². The fourth-order valence-corrected chi connectivity index (χ4v) is 3.44. The van der Waals surface area contributed by atoms with E-state index in [1.807, 2.05) is 38.1 Å². The van der Waals surface area contributed by atoms with Gasteiger partial charge in [-0.3, -0.25) is 9.69 Å². The number of nitrogens with zero attached hydrogens (tertiary/aromatic N) is 3. The molecule has 7 nitrogen and oxygen atoms in total. The average molecular weight is 326 g/mol. The number of rotatable bonds is 3. The standard InChI is InChI=1S/C17H18N4O3/c1-10(2)14-18-13(20-24-14)9-21-15(22)17(19-16(21)23)8-7-11-5-3-4-6-12(11)17/h3-6,10H,7-9H2,1-2H3,(H,19,23). The van der Waals surface area contributed by atoms with Gasteiger partial charge >= 0.3 is 6.03 Å². The molecule has 0 saturated carbocycles. The number of nitrogens with one attached hydrogen (secondary N) is 1. The van der Waals surface area contributed by atoms with E-state index >= 15 is 0 Å². The number of benzene rings is 1. The van der Waals surface area contributed by atoms with Crippen LogP contribution in [0.3, 0.4) is 0 Å². The van der Waals surface area contributed by atoms with Crippen LogP contribution in [0.4, 0.5) is 4.79 Å². The first-order valence-electron chi connectivity index (χ1n) is 8.06. The predicted molar refractivity (Wildman–Crippen MR) is 83.9 cm³/mol. The topological polar surface area (TPSA) is 88.3 Å². The van der Waals surface area contributed by atoms with Gasteiger partial charge in [0, 0.05) is 5.92 Å². The van der Waals surface area contributed by atoms with Crippen molar-refractivity contribution < 1.29 is 14.1 Å². The van der Waals surface area contributed by atoms with Crippen molar-refractivity contribution >= 4 is 11.9 Å². The Bertz CT molecular complexity index is 829. The Morgan fingerprint density at radius 1 is 1.33 bits per heavy atom. The maximum atomic E-state index is 13.0. The highest BCUT2D eigenvalue weighted by Gasteiger charge is 2.55. The number of urea groups is 1. The summed E-state index contributed by atoms with van der Waals surface area (Å²) in [6.07, 6.45) is 1.35. The summed E-state index contributed by atoms with van der Waals surface area (Å²) in [6.45, 7) is 3.90. The summed E-state index contributed by atoms with van der Waals surface area (Å²) in [6, 6.07) is 7.34. The summed E-state index contributed by atoms with van der Waals surface area (Å²) >= 11 is 0. The predicted octanol–water partition coefficient (Wildman–Crippen LogP) is 2.09. The van der Waals surface area contributed by atoms with Gasteiger partial charge in [0.15, 0.2) is 5.82 Å². The normalized spacial score (nSPS) is 22.5. The summed E-state index contributed by atoms with van der Waals surface area (Å²) in [5, 5.41) is 6.76. The lowest BCUT2D eigenvalue weighted by Gasteiger charge is -2.22. The summed E-state index contributed by atoms with van der Waals surface area (Å²) in [4.78, 5) is 30.8. The largest absolute Gasteiger partial charge is 0.339 e. The van der Waals surface area contributed by atoms with E-state index in [0.29, 0.717) is 18.1 Å². The lowest BCUT2D eigenvalue weighted by molar-refractivity contribution is -0.132. The molecule has 2 aromatic rings. The maximum absolute atomic E-state index is 13.0. The number of hydrogen-bond donors (Lipinski definition) is 1. The van der Waals surface area contributed by atoms with E-state index < -0.39 is 11.6 Å². The van der Waals surface area contributed by atoms with Crippen LogP contribution in [0.5, 0.6) is 0 Å². The third kappa shape index (κ3) is 2.04. The van der Waals surface area contributed by atoms with Gasteiger partial charge in [-0.15, -0.1) is 0 Å². The Kier molecular flexibility index (Phi) is 3.19. The van der Waals surface area contributed by atoms with Crippen molar-refractivity contribution in [1.29, 1.82) is 0 Å². The number of amides is 3. The van der Waals surface area contributed by atoms with Crippen molar-refractivity contribution in [1.82, 2.24) is 20.4 Å². The molecule has 1 aromatic heterocycles. The molecule has 1 unspecified atom stereocenters. The molecule has 1 saturated heterocycles. The second-order valence-electron chi connectivity index (χ2n) is 6.59. The molecule has 124 valence electrons. The number of fused-ring (bicyclic) bond motifs is 2. The first-order chi connectivity index (χ1) is 11.5. The molecule has 1 aliphatic carbocycles. The van der Waals surface area contributed by atoms with Crippen molar-refractivity contribution in [2.45, 2.75) is 44.7 Å². The minimum Gasteiger partial charge on any atom is -0.339 e. The number of imide groups is 1. The molecular weight excluding hydrogens is 308 g/mol. The fraction of sp³-hybridized carbons (Fsp3) is 0.412. The average Bonchev–Trinajstić information content (AvgIpc) is 3.23. The number of aryl methyl sites for hydroxylation is 1. The molecule has 1 spiro atoms. The van der Waals surface area contributed by atoms with Gasteiger partial charge in [0.1, 0.15) is 5.54 Å². The Morgan fingerprint density at radius 3 is 2.88 bits per heavy atom. The van der Waals surface area contributed by atoms with Gasteiger partial charge < -0.3 is 9.84 Å². The summed E-state index contributed by atoms with van der Waals surface area (Å²) in [7, 11) is 0. The Labute approximate surface area is 139 Å². The molecule has 1 atom stereocenters. The number of hydrogen-bond acceptors (Lipinski definition) is 5. The highest BCUT2D eigenvalue weighted by Crippen LogP contribution is 2.41. The molecule has 2 heterocycles. The third-order valence-electron chi connectivity index (χ3n) is 4.70. The van der Waals surface area contributed by atoms with Crippen molar-refractivity contribution in [2.24, 2.45) is 0 Å². The van der Waals surface area contributed by atoms with Crippen LogP contribution in [0.15, 0.2) is 28.8 Å². The maximum Gasteiger partial charge on any atom is 0.325 e. The highest BCUT2D eigenvalue weighted by molar-refractivity contribution is 6.08. The van der Waals surface area contributed by atoms with Gasteiger partial charge in [-0.05, 0) is 24.0 Å². The van der Waals surface area contributed by atoms with Crippen LogP contribution in [0.1, 0.15) is 49.0 Å². The fourth-order valence-electron chi connectivity index (χ4n) is 3.44. The molecule has 1 N–H and O–H groups in total. The van der Waals surface area contributed by atoms with Crippen molar-refractivity contribution in [3.63, 3.8) is 0 Å². The number of carbonyl (C=O) groups excluding carboxylic acids is 2. The molecule has 1 fully saturated rings. The van der Waals surface area contributed by atoms with E-state index in [2.05, 4.69) is 15.5 Å². The van der Waals surface area contributed by atoms with Crippen LogP contribution in [-0.4, -0.2) is 27.0 Å². The minimum absolute atomic E-state index is 0.0187. The van der Waals surface area contributed by atoms with E-state index in [0.717, 1.165) is 17.5 Å². The van der Waals surface area contributed by atoms with Crippen LogP contribution < -0.4 is 5.32 Å². The van der Waals surface area contributed by atoms with Crippen LogP contribution >= 0.6 is 0 Å². The molecule has 24 heavy (non-hydrogen) atoms. The zero-order chi connectivity index (χ0) is 16.9. The third-order valence-corrected chi connectivity index (χ3v) is 4.70. The minimum atomic E-state index is -0.946. The molecule has 1 aromatic carbocycles.